The highest BCUT2D eigenvalue weighted by Crippen LogP contribution is 2.28. The van der Waals surface area contributed by atoms with E-state index in [1.54, 1.807) is 11.0 Å². The third-order valence-electron chi connectivity index (χ3n) is 5.30. The quantitative estimate of drug-likeness (QED) is 0.672. The lowest BCUT2D eigenvalue weighted by atomic mass is 10.2. The second-order valence-electron chi connectivity index (χ2n) is 7.50. The van der Waals surface area contributed by atoms with Crippen molar-refractivity contribution in [2.45, 2.75) is 12.5 Å². The Hall–Kier alpha value is -3.74. The predicted molar refractivity (Wildman–Crippen MR) is 111 cm³/mol. The summed E-state index contributed by atoms with van der Waals surface area (Å²) in [6.45, 7) is 0.592. The first-order valence-electron chi connectivity index (χ1n) is 10.4. The summed E-state index contributed by atoms with van der Waals surface area (Å²) in [6.07, 6.45) is -3.42. The zero-order chi connectivity index (χ0) is 24.2. The molecule has 1 aromatic carbocycles. The highest BCUT2D eigenvalue weighted by Gasteiger charge is 2.34. The molecule has 2 saturated heterocycles. The smallest absolute Gasteiger partial charge is 0.414 e. The summed E-state index contributed by atoms with van der Waals surface area (Å²) < 4.78 is 49.7. The molecule has 1 unspecified atom stereocenters. The van der Waals surface area contributed by atoms with Gasteiger partial charge < -0.3 is 19.4 Å². The second kappa shape index (κ2) is 10.0. The SMILES string of the molecule is O=C(NCC1CN(c2ccc(N3CCON(C(=O)c4ccco4)CC3)c(F)c2)C(=O)O1)C(F)F. The average Bonchev–Trinajstić information content (AvgIpc) is 3.41. The highest BCUT2D eigenvalue weighted by molar-refractivity contribution is 5.91. The molecule has 1 N–H and O–H groups in total. The number of carbonyl (C=O) groups excluding carboxylic acids is 3. The van der Waals surface area contributed by atoms with Crippen molar-refractivity contribution in [1.82, 2.24) is 10.4 Å². The van der Waals surface area contributed by atoms with Crippen LogP contribution < -0.4 is 15.1 Å². The number of benzene rings is 1. The van der Waals surface area contributed by atoms with Gasteiger partial charge in [-0.25, -0.2) is 14.2 Å². The Morgan fingerprint density at radius 1 is 1.18 bits per heavy atom. The fourth-order valence-electron chi connectivity index (χ4n) is 3.62. The number of ether oxygens (including phenoxy) is 1. The van der Waals surface area contributed by atoms with E-state index in [9.17, 15) is 27.6 Å². The van der Waals surface area contributed by atoms with Gasteiger partial charge in [0.25, 0.3) is 5.91 Å². The van der Waals surface area contributed by atoms with Gasteiger partial charge in [0.2, 0.25) is 0 Å². The molecule has 4 rings (SSSR count). The summed E-state index contributed by atoms with van der Waals surface area (Å²) in [5.74, 6) is -2.37. The van der Waals surface area contributed by atoms with Crippen molar-refractivity contribution < 1.29 is 41.5 Å². The number of halogens is 3. The lowest BCUT2D eigenvalue weighted by Crippen LogP contribution is -2.37. The van der Waals surface area contributed by atoms with Crippen LogP contribution in [0.5, 0.6) is 0 Å². The number of nitrogens with one attached hydrogen (secondary N) is 1. The van der Waals surface area contributed by atoms with Gasteiger partial charge in [0.05, 0.1) is 43.9 Å². The number of rotatable bonds is 6. The molecule has 13 heteroatoms. The van der Waals surface area contributed by atoms with E-state index in [1.165, 1.54) is 24.5 Å². The van der Waals surface area contributed by atoms with Crippen LogP contribution in [0.4, 0.5) is 29.3 Å². The summed E-state index contributed by atoms with van der Waals surface area (Å²) in [4.78, 5) is 43.9. The number of nitrogens with zero attached hydrogens (tertiary/aromatic N) is 3. The number of hydrogen-bond donors (Lipinski definition) is 1. The van der Waals surface area contributed by atoms with Crippen molar-refractivity contribution in [2.24, 2.45) is 0 Å². The Morgan fingerprint density at radius 3 is 2.71 bits per heavy atom. The van der Waals surface area contributed by atoms with Crippen LogP contribution in [0.2, 0.25) is 0 Å². The van der Waals surface area contributed by atoms with Gasteiger partial charge in [0.1, 0.15) is 11.9 Å². The molecule has 34 heavy (non-hydrogen) atoms. The van der Waals surface area contributed by atoms with Crippen molar-refractivity contribution in [3.05, 3.63) is 48.2 Å². The van der Waals surface area contributed by atoms with Crippen LogP contribution in [0.3, 0.4) is 0 Å². The van der Waals surface area contributed by atoms with Crippen molar-refractivity contribution in [2.75, 3.05) is 49.1 Å². The number of anilines is 2. The number of hydroxylamine groups is 2. The molecule has 0 aliphatic carbocycles. The van der Waals surface area contributed by atoms with Crippen LogP contribution >= 0.6 is 0 Å². The number of alkyl halides is 2. The number of cyclic esters (lactones) is 1. The molecule has 3 heterocycles. The van der Waals surface area contributed by atoms with E-state index in [-0.39, 0.29) is 43.4 Å². The average molecular weight is 482 g/mol. The van der Waals surface area contributed by atoms with E-state index in [1.807, 2.05) is 5.32 Å². The maximum atomic E-state index is 15.0. The van der Waals surface area contributed by atoms with E-state index in [4.69, 9.17) is 14.0 Å². The minimum absolute atomic E-state index is 0.0391. The van der Waals surface area contributed by atoms with Crippen LogP contribution in [0.25, 0.3) is 0 Å². The largest absolute Gasteiger partial charge is 0.459 e. The maximum Gasteiger partial charge on any atom is 0.414 e. The topological polar surface area (TPSA) is 105 Å². The van der Waals surface area contributed by atoms with Gasteiger partial charge in [-0.2, -0.15) is 8.78 Å². The normalized spacial score (nSPS) is 18.8. The summed E-state index contributed by atoms with van der Waals surface area (Å²) in [6, 6.07) is 7.29. The molecule has 1 atom stereocenters. The number of amides is 3. The fourth-order valence-corrected chi connectivity index (χ4v) is 3.62. The number of hydrogen-bond acceptors (Lipinski definition) is 7. The van der Waals surface area contributed by atoms with E-state index < -0.39 is 36.3 Å². The molecule has 0 spiro atoms. The lowest BCUT2D eigenvalue weighted by molar-refractivity contribution is -0.132. The van der Waals surface area contributed by atoms with Crippen LogP contribution in [-0.4, -0.2) is 74.8 Å². The van der Waals surface area contributed by atoms with Gasteiger partial charge in [-0.15, -0.1) is 0 Å². The molecule has 2 aliphatic heterocycles. The molecular formula is C21H21F3N4O6. The predicted octanol–water partition coefficient (Wildman–Crippen LogP) is 2.02. The summed E-state index contributed by atoms with van der Waals surface area (Å²) in [7, 11) is 0. The molecule has 2 aromatic rings. The van der Waals surface area contributed by atoms with E-state index in [0.29, 0.717) is 13.1 Å². The Morgan fingerprint density at radius 2 is 2.00 bits per heavy atom. The first kappa shape index (κ1) is 23.4. The third kappa shape index (κ3) is 5.09. The maximum absolute atomic E-state index is 15.0. The molecule has 182 valence electrons. The molecule has 2 fully saturated rings. The minimum atomic E-state index is -3.17. The first-order chi connectivity index (χ1) is 16.3. The van der Waals surface area contributed by atoms with Crippen molar-refractivity contribution >= 4 is 29.3 Å². The summed E-state index contributed by atoms with van der Waals surface area (Å²) in [5.41, 5.74) is 0.475. The number of furan rings is 1. The van der Waals surface area contributed by atoms with Crippen LogP contribution in [0.1, 0.15) is 10.6 Å². The number of carbonyl (C=O) groups is 3. The molecule has 0 radical (unpaired) electrons. The molecule has 1 aromatic heterocycles. The van der Waals surface area contributed by atoms with Crippen LogP contribution in [-0.2, 0) is 14.4 Å². The van der Waals surface area contributed by atoms with Gasteiger partial charge in [0.15, 0.2) is 5.76 Å². The highest BCUT2D eigenvalue weighted by atomic mass is 19.3. The Kier molecular flexibility index (Phi) is 6.91. The standard InChI is InChI=1S/C21H21F3N4O6/c22-15-10-13(27-12-14(34-21(27)31)11-25-19(29)18(23)24)3-4-16(15)26-5-6-28(33-9-7-26)20(30)17-2-1-8-32-17/h1-4,8,10,14,18H,5-7,9,11-12H2,(H,25,29). The van der Waals surface area contributed by atoms with Gasteiger partial charge >= 0.3 is 18.4 Å². The Balaban J connectivity index is 1.38. The Labute approximate surface area is 191 Å². The van der Waals surface area contributed by atoms with Crippen molar-refractivity contribution in [1.29, 1.82) is 0 Å². The molecule has 0 bridgehead atoms. The van der Waals surface area contributed by atoms with Gasteiger partial charge in [-0.3, -0.25) is 19.3 Å². The van der Waals surface area contributed by atoms with Gasteiger partial charge in [-0.05, 0) is 30.3 Å². The molecule has 3 amide bonds. The lowest BCUT2D eigenvalue weighted by Gasteiger charge is -2.23. The molecule has 10 nitrogen and oxygen atoms in total. The molecule has 0 saturated carbocycles. The molecular weight excluding hydrogens is 461 g/mol. The zero-order valence-corrected chi connectivity index (χ0v) is 17.8. The second-order valence-corrected chi connectivity index (χ2v) is 7.50. The summed E-state index contributed by atoms with van der Waals surface area (Å²) >= 11 is 0. The minimum Gasteiger partial charge on any atom is -0.459 e. The summed E-state index contributed by atoms with van der Waals surface area (Å²) in [5, 5.41) is 3.15. The van der Waals surface area contributed by atoms with Crippen LogP contribution in [0, 0.1) is 5.82 Å². The van der Waals surface area contributed by atoms with Crippen LogP contribution in [0.15, 0.2) is 41.0 Å². The van der Waals surface area contributed by atoms with E-state index >= 15 is 0 Å². The first-order valence-corrected chi connectivity index (χ1v) is 10.4. The Bertz CT molecular complexity index is 1050. The third-order valence-corrected chi connectivity index (χ3v) is 5.30. The monoisotopic (exact) mass is 482 g/mol. The fraction of sp³-hybridized carbons (Fsp3) is 0.381. The van der Waals surface area contributed by atoms with Crippen molar-refractivity contribution in [3.63, 3.8) is 0 Å². The van der Waals surface area contributed by atoms with E-state index in [2.05, 4.69) is 0 Å². The van der Waals surface area contributed by atoms with Gasteiger partial charge in [0, 0.05) is 13.1 Å². The zero-order valence-electron chi connectivity index (χ0n) is 17.8. The van der Waals surface area contributed by atoms with E-state index in [0.717, 1.165) is 16.0 Å². The van der Waals surface area contributed by atoms with Crippen molar-refractivity contribution in [3.8, 4) is 0 Å². The van der Waals surface area contributed by atoms with Gasteiger partial charge in [-0.1, -0.05) is 0 Å². The molecule has 2 aliphatic rings.